The highest BCUT2D eigenvalue weighted by Crippen LogP contribution is 2.29. The van der Waals surface area contributed by atoms with Gasteiger partial charge in [-0.3, -0.25) is 4.57 Å². The Kier molecular flexibility index (Phi) is 3.20. The molecule has 0 amide bonds. The molecule has 18 heavy (non-hydrogen) atoms. The number of nitrogens with zero attached hydrogens (tertiary/aromatic N) is 4. The predicted octanol–water partition coefficient (Wildman–Crippen LogP) is 2.08. The lowest BCUT2D eigenvalue weighted by Crippen LogP contribution is -2.25. The zero-order chi connectivity index (χ0) is 13.6. The number of thiazole rings is 1. The summed E-state index contributed by atoms with van der Waals surface area (Å²) in [6.07, 6.45) is 0. The van der Waals surface area contributed by atoms with E-state index in [9.17, 15) is 8.42 Å². The van der Waals surface area contributed by atoms with Crippen LogP contribution in [0.4, 0.5) is 0 Å². The van der Waals surface area contributed by atoms with E-state index in [1.165, 1.54) is 15.9 Å². The molecule has 0 N–H and O–H groups in total. The summed E-state index contributed by atoms with van der Waals surface area (Å²) in [6.45, 7) is 5.54. The molecule has 9 heteroatoms. The summed E-state index contributed by atoms with van der Waals surface area (Å²) in [5, 5.41) is 9.06. The molecule has 0 fully saturated rings. The summed E-state index contributed by atoms with van der Waals surface area (Å²) in [6, 6.07) is 0. The molecule has 0 atom stereocenters. The minimum Gasteiger partial charge on any atom is -0.290 e. The van der Waals surface area contributed by atoms with E-state index in [1.54, 1.807) is 10.9 Å². The van der Waals surface area contributed by atoms with Gasteiger partial charge in [0, 0.05) is 21.6 Å². The monoisotopic (exact) mass is 306 g/mol. The number of aromatic nitrogens is 4. The van der Waals surface area contributed by atoms with Crippen LogP contribution in [-0.4, -0.2) is 28.2 Å². The Hall–Kier alpha value is -0.990. The second-order valence-corrected chi connectivity index (χ2v) is 7.80. The fourth-order valence-electron chi connectivity index (χ4n) is 1.52. The second kappa shape index (κ2) is 4.29. The van der Waals surface area contributed by atoms with Crippen LogP contribution < -0.4 is 0 Å². The molecule has 2 rings (SSSR count). The topological polar surface area (TPSA) is 77.7 Å². The van der Waals surface area contributed by atoms with Gasteiger partial charge in [0.15, 0.2) is 5.82 Å². The highest BCUT2D eigenvalue weighted by atomic mass is 35.7. The Balaban J connectivity index is 2.75. The third-order valence-electron chi connectivity index (χ3n) is 2.18. The summed E-state index contributed by atoms with van der Waals surface area (Å²) in [5.74, 6) is 0.392. The maximum Gasteiger partial charge on any atom is 0.296 e. The molecule has 2 aromatic rings. The van der Waals surface area contributed by atoms with Crippen LogP contribution in [0.2, 0.25) is 0 Å². The zero-order valence-corrected chi connectivity index (χ0v) is 12.3. The molecule has 0 spiro atoms. The standard InChI is InChI=1S/C9H11ClN4O2S2/c1-9(2,3)14-7(6-4-17-5-11-6)12-13-8(14)18(10,15)16/h4-5H,1-3H3. The molecule has 0 aliphatic heterocycles. The number of hydrogen-bond donors (Lipinski definition) is 0. The van der Waals surface area contributed by atoms with Crippen LogP contribution >= 0.6 is 22.0 Å². The van der Waals surface area contributed by atoms with Crippen molar-refractivity contribution in [1.29, 1.82) is 0 Å². The quantitative estimate of drug-likeness (QED) is 0.794. The van der Waals surface area contributed by atoms with Crippen molar-refractivity contribution in [3.8, 4) is 11.5 Å². The van der Waals surface area contributed by atoms with Crippen LogP contribution in [0, 0.1) is 0 Å². The van der Waals surface area contributed by atoms with Crippen molar-refractivity contribution in [3.05, 3.63) is 10.9 Å². The Labute approximate surface area is 113 Å². The Morgan fingerprint density at radius 1 is 1.33 bits per heavy atom. The molecular formula is C9H11ClN4O2S2. The van der Waals surface area contributed by atoms with Gasteiger partial charge in [-0.1, -0.05) is 0 Å². The number of rotatable bonds is 2. The zero-order valence-electron chi connectivity index (χ0n) is 9.95. The van der Waals surface area contributed by atoms with Crippen LogP contribution in [0.25, 0.3) is 11.5 Å². The second-order valence-electron chi connectivity index (χ2n) is 4.62. The summed E-state index contributed by atoms with van der Waals surface area (Å²) >= 11 is 1.40. The van der Waals surface area contributed by atoms with E-state index in [4.69, 9.17) is 10.7 Å². The minimum absolute atomic E-state index is 0.264. The van der Waals surface area contributed by atoms with Gasteiger partial charge in [0.2, 0.25) is 0 Å². The van der Waals surface area contributed by atoms with Crippen molar-refractivity contribution in [2.24, 2.45) is 0 Å². The van der Waals surface area contributed by atoms with Gasteiger partial charge >= 0.3 is 0 Å². The first-order valence-electron chi connectivity index (χ1n) is 5.00. The van der Waals surface area contributed by atoms with Gasteiger partial charge in [0.05, 0.1) is 5.51 Å². The Morgan fingerprint density at radius 2 is 2.00 bits per heavy atom. The molecule has 98 valence electrons. The Bertz CT molecular complexity index is 655. The lowest BCUT2D eigenvalue weighted by Gasteiger charge is -2.23. The van der Waals surface area contributed by atoms with E-state index in [0.717, 1.165) is 0 Å². The third-order valence-corrected chi connectivity index (χ3v) is 3.88. The van der Waals surface area contributed by atoms with Crippen molar-refractivity contribution in [2.75, 3.05) is 0 Å². The molecule has 0 bridgehead atoms. The molecule has 6 nitrogen and oxygen atoms in total. The van der Waals surface area contributed by atoms with Gasteiger partial charge in [-0.05, 0) is 20.8 Å². The van der Waals surface area contributed by atoms with Gasteiger partial charge in [0.25, 0.3) is 14.2 Å². The van der Waals surface area contributed by atoms with Crippen LogP contribution in [-0.2, 0) is 14.6 Å². The molecule has 0 saturated carbocycles. The van der Waals surface area contributed by atoms with Crippen molar-refractivity contribution in [3.63, 3.8) is 0 Å². The average molecular weight is 307 g/mol. The number of halogens is 1. The maximum atomic E-state index is 11.5. The first-order chi connectivity index (χ1) is 8.21. The van der Waals surface area contributed by atoms with E-state index in [1.807, 2.05) is 20.8 Å². The van der Waals surface area contributed by atoms with Gasteiger partial charge in [-0.15, -0.1) is 21.5 Å². The van der Waals surface area contributed by atoms with Gasteiger partial charge in [-0.2, -0.15) is 0 Å². The van der Waals surface area contributed by atoms with E-state index in [0.29, 0.717) is 11.5 Å². The molecule has 2 aromatic heterocycles. The third kappa shape index (κ3) is 2.40. The largest absolute Gasteiger partial charge is 0.296 e. The molecule has 0 aliphatic rings. The molecule has 0 saturated heterocycles. The Morgan fingerprint density at radius 3 is 2.44 bits per heavy atom. The van der Waals surface area contributed by atoms with Gasteiger partial charge < -0.3 is 0 Å². The van der Waals surface area contributed by atoms with Crippen molar-refractivity contribution >= 4 is 31.1 Å². The molecule has 0 unspecified atom stereocenters. The first kappa shape index (κ1) is 13.4. The minimum atomic E-state index is -3.95. The number of hydrogen-bond acceptors (Lipinski definition) is 6. The van der Waals surface area contributed by atoms with Crippen LogP contribution in [0.3, 0.4) is 0 Å². The summed E-state index contributed by atoms with van der Waals surface area (Å²) in [5.41, 5.74) is 1.69. The van der Waals surface area contributed by atoms with E-state index in [2.05, 4.69) is 15.2 Å². The lowest BCUT2D eigenvalue weighted by molar-refractivity contribution is 0.367. The van der Waals surface area contributed by atoms with Crippen LogP contribution in [0.1, 0.15) is 20.8 Å². The SMILES string of the molecule is CC(C)(C)n1c(-c2cscn2)nnc1S(=O)(=O)Cl. The van der Waals surface area contributed by atoms with Crippen molar-refractivity contribution < 1.29 is 8.42 Å². The van der Waals surface area contributed by atoms with Gasteiger partial charge in [0.1, 0.15) is 5.69 Å². The summed E-state index contributed by atoms with van der Waals surface area (Å²) in [4.78, 5) is 4.11. The maximum absolute atomic E-state index is 11.5. The molecular weight excluding hydrogens is 296 g/mol. The fourth-order valence-corrected chi connectivity index (χ4v) is 3.07. The summed E-state index contributed by atoms with van der Waals surface area (Å²) in [7, 11) is 1.43. The lowest BCUT2D eigenvalue weighted by atomic mass is 10.1. The van der Waals surface area contributed by atoms with E-state index >= 15 is 0 Å². The molecule has 0 aromatic carbocycles. The molecule has 0 radical (unpaired) electrons. The van der Waals surface area contributed by atoms with E-state index in [-0.39, 0.29) is 5.16 Å². The summed E-state index contributed by atoms with van der Waals surface area (Å²) < 4.78 is 24.5. The van der Waals surface area contributed by atoms with Crippen molar-refractivity contribution in [1.82, 2.24) is 19.7 Å². The molecule has 2 heterocycles. The van der Waals surface area contributed by atoms with Crippen LogP contribution in [0.5, 0.6) is 0 Å². The normalized spacial score (nSPS) is 12.9. The molecule has 0 aliphatic carbocycles. The van der Waals surface area contributed by atoms with Gasteiger partial charge in [-0.25, -0.2) is 13.4 Å². The first-order valence-corrected chi connectivity index (χ1v) is 8.25. The smallest absolute Gasteiger partial charge is 0.290 e. The van der Waals surface area contributed by atoms with Crippen molar-refractivity contribution in [2.45, 2.75) is 31.5 Å². The highest BCUT2D eigenvalue weighted by molar-refractivity contribution is 8.13. The predicted molar refractivity (Wildman–Crippen MR) is 69.2 cm³/mol. The van der Waals surface area contributed by atoms with Crippen LogP contribution in [0.15, 0.2) is 16.0 Å². The average Bonchev–Trinajstić information content (AvgIpc) is 2.83. The highest BCUT2D eigenvalue weighted by Gasteiger charge is 2.30. The fraction of sp³-hybridized carbons (Fsp3) is 0.444. The van der Waals surface area contributed by atoms with E-state index < -0.39 is 14.6 Å².